The maximum Gasteiger partial charge on any atom is 0.316 e. The number of hydrogen-bond acceptors (Lipinski definition) is 7. The number of allylic oxidation sites excluding steroid dienone is 1. The predicted octanol–water partition coefficient (Wildman–Crippen LogP) is 4.32. The normalized spacial score (nSPS) is 22.0. The number of methoxy groups -OCH3 is 2. The van der Waals surface area contributed by atoms with Crippen molar-refractivity contribution in [3.05, 3.63) is 59.3 Å². The van der Waals surface area contributed by atoms with Gasteiger partial charge in [-0.15, -0.1) is 0 Å². The number of nitrogens with one attached hydrogen (secondary N) is 2. The molecule has 0 radical (unpaired) electrons. The summed E-state index contributed by atoms with van der Waals surface area (Å²) in [5.74, 6) is -0.642. The van der Waals surface area contributed by atoms with Gasteiger partial charge in [-0.3, -0.25) is 9.59 Å². The molecule has 2 N–H and O–H groups in total. The van der Waals surface area contributed by atoms with Crippen molar-refractivity contribution in [3.8, 4) is 11.5 Å². The fourth-order valence-electron chi connectivity index (χ4n) is 4.59. The monoisotopic (exact) mass is 436 g/mol. The number of anilines is 2. The molecule has 0 amide bonds. The van der Waals surface area contributed by atoms with E-state index < -0.39 is 17.9 Å². The summed E-state index contributed by atoms with van der Waals surface area (Å²) in [5.41, 5.74) is 3.81. The van der Waals surface area contributed by atoms with Crippen LogP contribution in [0, 0.1) is 11.8 Å². The van der Waals surface area contributed by atoms with Crippen molar-refractivity contribution in [3.63, 3.8) is 0 Å². The molecule has 1 aliphatic heterocycles. The fraction of sp³-hybridized carbons (Fsp3) is 0.360. The molecule has 1 heterocycles. The van der Waals surface area contributed by atoms with E-state index >= 15 is 0 Å². The van der Waals surface area contributed by atoms with E-state index in [0.717, 1.165) is 22.6 Å². The van der Waals surface area contributed by atoms with Gasteiger partial charge in [0.25, 0.3) is 0 Å². The van der Waals surface area contributed by atoms with Gasteiger partial charge in [0.1, 0.15) is 5.92 Å². The van der Waals surface area contributed by atoms with Crippen molar-refractivity contribution in [1.29, 1.82) is 0 Å². The number of esters is 1. The van der Waals surface area contributed by atoms with Gasteiger partial charge in [-0.25, -0.2) is 0 Å². The number of carbonyl (C=O) groups excluding carboxylic acids is 2. The number of hydrogen-bond donors (Lipinski definition) is 2. The number of ketones is 1. The zero-order valence-corrected chi connectivity index (χ0v) is 18.7. The molecule has 0 saturated heterocycles. The summed E-state index contributed by atoms with van der Waals surface area (Å²) in [7, 11) is 2.91. The van der Waals surface area contributed by atoms with Crippen LogP contribution in [-0.4, -0.2) is 32.6 Å². The highest BCUT2D eigenvalue weighted by Gasteiger charge is 2.45. The maximum absolute atomic E-state index is 13.8. The minimum absolute atomic E-state index is 0.191. The van der Waals surface area contributed by atoms with Crippen LogP contribution in [0.5, 0.6) is 11.5 Å². The van der Waals surface area contributed by atoms with Crippen LogP contribution in [0.3, 0.4) is 0 Å². The molecule has 0 unspecified atom stereocenters. The Hall–Kier alpha value is -3.48. The second-order valence-corrected chi connectivity index (χ2v) is 8.00. The van der Waals surface area contributed by atoms with Crippen LogP contribution in [0.15, 0.2) is 53.7 Å². The zero-order valence-electron chi connectivity index (χ0n) is 18.7. The molecule has 0 bridgehead atoms. The molecule has 4 rings (SSSR count). The van der Waals surface area contributed by atoms with E-state index in [1.807, 2.05) is 56.3 Å². The SMILES string of the molecule is CCOc1c(OC)cccc1[C@H]1Nc2ccccc2NC2=C1C(=O)[C@@H](C(=O)OC)[C@H](C)C2. The lowest BCUT2D eigenvalue weighted by Gasteiger charge is -2.33. The van der Waals surface area contributed by atoms with Crippen molar-refractivity contribution in [2.75, 3.05) is 31.5 Å². The molecule has 168 valence electrons. The molecule has 0 spiro atoms. The minimum Gasteiger partial charge on any atom is -0.493 e. The molecule has 7 heteroatoms. The van der Waals surface area contributed by atoms with Crippen molar-refractivity contribution in [2.24, 2.45) is 11.8 Å². The Morgan fingerprint density at radius 1 is 1.09 bits per heavy atom. The first kappa shape index (κ1) is 21.7. The lowest BCUT2D eigenvalue weighted by atomic mass is 9.74. The topological polar surface area (TPSA) is 85.9 Å². The highest BCUT2D eigenvalue weighted by atomic mass is 16.5. The number of ether oxygens (including phenoxy) is 3. The first-order valence-corrected chi connectivity index (χ1v) is 10.8. The molecule has 0 aromatic heterocycles. The third kappa shape index (κ3) is 3.68. The first-order valence-electron chi connectivity index (χ1n) is 10.8. The summed E-state index contributed by atoms with van der Waals surface area (Å²) >= 11 is 0. The second-order valence-electron chi connectivity index (χ2n) is 8.00. The summed E-state index contributed by atoms with van der Waals surface area (Å²) in [6.07, 6.45) is 0.543. The first-order chi connectivity index (χ1) is 15.5. The van der Waals surface area contributed by atoms with Crippen molar-refractivity contribution >= 4 is 23.1 Å². The number of rotatable bonds is 5. The van der Waals surface area contributed by atoms with E-state index in [0.29, 0.717) is 30.1 Å². The Bertz CT molecular complexity index is 1080. The average molecular weight is 437 g/mol. The largest absolute Gasteiger partial charge is 0.493 e. The molecule has 1 aliphatic carbocycles. The molecule has 0 fully saturated rings. The van der Waals surface area contributed by atoms with Crippen LogP contribution in [-0.2, 0) is 14.3 Å². The van der Waals surface area contributed by atoms with E-state index in [1.54, 1.807) is 7.11 Å². The van der Waals surface area contributed by atoms with E-state index in [-0.39, 0.29) is 11.7 Å². The molecular formula is C25H28N2O5. The molecule has 32 heavy (non-hydrogen) atoms. The Morgan fingerprint density at radius 2 is 1.84 bits per heavy atom. The van der Waals surface area contributed by atoms with Crippen LogP contribution in [0.25, 0.3) is 0 Å². The van der Waals surface area contributed by atoms with Crippen LogP contribution in [0.2, 0.25) is 0 Å². The summed E-state index contributed by atoms with van der Waals surface area (Å²) in [5, 5.41) is 6.97. The van der Waals surface area contributed by atoms with Crippen molar-refractivity contribution in [1.82, 2.24) is 0 Å². The van der Waals surface area contributed by atoms with Gasteiger partial charge in [-0.2, -0.15) is 0 Å². The van der Waals surface area contributed by atoms with Gasteiger partial charge in [0.15, 0.2) is 17.3 Å². The van der Waals surface area contributed by atoms with Crippen LogP contribution < -0.4 is 20.1 Å². The Labute approximate surface area is 187 Å². The van der Waals surface area contributed by atoms with Crippen molar-refractivity contribution in [2.45, 2.75) is 26.3 Å². The molecule has 3 atom stereocenters. The van der Waals surface area contributed by atoms with Crippen molar-refractivity contribution < 1.29 is 23.8 Å². The van der Waals surface area contributed by atoms with E-state index in [9.17, 15) is 9.59 Å². The summed E-state index contributed by atoms with van der Waals surface area (Å²) < 4.78 is 16.5. The van der Waals surface area contributed by atoms with Gasteiger partial charge in [-0.05, 0) is 37.5 Å². The second kappa shape index (κ2) is 8.94. The Kier molecular flexibility index (Phi) is 6.08. The number of Topliss-reactive ketones (excluding diaryl/α,β-unsaturated/α-hetero) is 1. The van der Waals surface area contributed by atoms with E-state index in [1.165, 1.54) is 7.11 Å². The number of fused-ring (bicyclic) bond motifs is 1. The standard InChI is InChI=1S/C25H28N2O5/c1-5-32-24-15(9-8-12-19(24)30-3)22-21-18(26-16-10-6-7-11-17(16)27-22)13-14(2)20(23(21)28)25(29)31-4/h6-12,14,20,22,26-27H,5,13H2,1-4H3/t14-,20+,22-/m1/s1. The van der Waals surface area contributed by atoms with Gasteiger partial charge < -0.3 is 24.8 Å². The van der Waals surface area contributed by atoms with Crippen LogP contribution in [0.1, 0.15) is 31.9 Å². The lowest BCUT2D eigenvalue weighted by molar-refractivity contribution is -0.151. The fourth-order valence-corrected chi connectivity index (χ4v) is 4.59. The molecular weight excluding hydrogens is 408 g/mol. The molecule has 2 aliphatic rings. The lowest BCUT2D eigenvalue weighted by Crippen LogP contribution is -2.39. The quantitative estimate of drug-likeness (QED) is 0.533. The highest BCUT2D eigenvalue weighted by Crippen LogP contribution is 2.47. The molecule has 2 aromatic rings. The maximum atomic E-state index is 13.8. The third-order valence-electron chi connectivity index (χ3n) is 6.05. The molecule has 7 nitrogen and oxygen atoms in total. The zero-order chi connectivity index (χ0) is 22.8. The smallest absolute Gasteiger partial charge is 0.316 e. The van der Waals surface area contributed by atoms with Crippen LogP contribution >= 0.6 is 0 Å². The minimum atomic E-state index is -0.854. The Balaban J connectivity index is 1.93. The van der Waals surface area contributed by atoms with Gasteiger partial charge >= 0.3 is 5.97 Å². The Morgan fingerprint density at radius 3 is 2.53 bits per heavy atom. The number of para-hydroxylation sites is 3. The van der Waals surface area contributed by atoms with Gasteiger partial charge in [0.05, 0.1) is 38.2 Å². The van der Waals surface area contributed by atoms with Gasteiger partial charge in [-0.1, -0.05) is 31.2 Å². The van der Waals surface area contributed by atoms with E-state index in [4.69, 9.17) is 14.2 Å². The summed E-state index contributed by atoms with van der Waals surface area (Å²) in [6.45, 7) is 4.25. The molecule has 0 saturated carbocycles. The van der Waals surface area contributed by atoms with Gasteiger partial charge in [0.2, 0.25) is 0 Å². The predicted molar refractivity (Wildman–Crippen MR) is 122 cm³/mol. The average Bonchev–Trinajstić information content (AvgIpc) is 2.95. The third-order valence-corrected chi connectivity index (χ3v) is 6.05. The van der Waals surface area contributed by atoms with Crippen LogP contribution in [0.4, 0.5) is 11.4 Å². The van der Waals surface area contributed by atoms with Gasteiger partial charge in [0, 0.05) is 16.8 Å². The summed E-state index contributed by atoms with van der Waals surface area (Å²) in [6, 6.07) is 12.9. The highest BCUT2D eigenvalue weighted by molar-refractivity contribution is 6.11. The number of benzene rings is 2. The number of carbonyl (C=O) groups is 2. The molecule has 2 aromatic carbocycles. The van der Waals surface area contributed by atoms with E-state index in [2.05, 4.69) is 10.6 Å². The summed E-state index contributed by atoms with van der Waals surface area (Å²) in [4.78, 5) is 26.3.